The number of halogens is 1. The molecule has 0 unspecified atom stereocenters. The highest BCUT2D eigenvalue weighted by molar-refractivity contribution is 7.98. The lowest BCUT2D eigenvalue weighted by molar-refractivity contribution is -0.384. The number of aromatic nitrogens is 4. The summed E-state index contributed by atoms with van der Waals surface area (Å²) >= 11 is 2.62. The van der Waals surface area contributed by atoms with Crippen LogP contribution < -0.4 is 5.56 Å². The lowest BCUT2D eigenvalue weighted by Gasteiger charge is -2.07. The standard InChI is InChI=1S/C22H14FN5O4S2/c1-27-21(29)18-16(12-2-6-14(23)7-3-12)10-33-20(18)24-22(27)34-11-17-25-26-19(32-17)13-4-8-15(9-5-13)28(30)31/h2-10H,11H2,1H3. The molecule has 3 aromatic heterocycles. The van der Waals surface area contributed by atoms with Gasteiger partial charge in [-0.2, -0.15) is 0 Å². The van der Waals surface area contributed by atoms with E-state index >= 15 is 0 Å². The van der Waals surface area contributed by atoms with Gasteiger partial charge < -0.3 is 4.42 Å². The quantitative estimate of drug-likeness (QED) is 0.139. The number of thioether (sulfide) groups is 1. The van der Waals surface area contributed by atoms with Gasteiger partial charge in [0, 0.05) is 35.7 Å². The van der Waals surface area contributed by atoms with E-state index in [1.807, 2.05) is 5.38 Å². The molecule has 0 N–H and O–H groups in total. The number of non-ortho nitro benzene ring substituents is 1. The number of nitro groups is 1. The van der Waals surface area contributed by atoms with E-state index in [-0.39, 0.29) is 28.7 Å². The average molecular weight is 496 g/mol. The maximum absolute atomic E-state index is 13.3. The predicted molar refractivity (Wildman–Crippen MR) is 126 cm³/mol. The number of hydrogen-bond acceptors (Lipinski definition) is 9. The molecule has 170 valence electrons. The number of fused-ring (bicyclic) bond motifs is 1. The van der Waals surface area contributed by atoms with Gasteiger partial charge in [-0.15, -0.1) is 21.5 Å². The molecule has 0 saturated carbocycles. The highest BCUT2D eigenvalue weighted by Crippen LogP contribution is 2.32. The first-order valence-corrected chi connectivity index (χ1v) is 11.7. The Morgan fingerprint density at radius 3 is 2.53 bits per heavy atom. The van der Waals surface area contributed by atoms with Crippen molar-refractivity contribution in [3.05, 3.63) is 86.1 Å². The Labute approximate surface area is 199 Å². The SMILES string of the molecule is Cn1c(SCc2nnc(-c3ccc([N+](=O)[O-])cc3)o2)nc2scc(-c3ccc(F)cc3)c2c1=O. The lowest BCUT2D eigenvalue weighted by Crippen LogP contribution is -2.19. The fourth-order valence-electron chi connectivity index (χ4n) is 3.30. The van der Waals surface area contributed by atoms with E-state index in [4.69, 9.17) is 4.42 Å². The van der Waals surface area contributed by atoms with E-state index in [0.29, 0.717) is 32.4 Å². The third-order valence-electron chi connectivity index (χ3n) is 5.05. The molecule has 0 aliphatic rings. The third kappa shape index (κ3) is 4.08. The van der Waals surface area contributed by atoms with Crippen LogP contribution in [0.15, 0.2) is 68.3 Å². The molecular weight excluding hydrogens is 481 g/mol. The van der Waals surface area contributed by atoms with Gasteiger partial charge in [0.25, 0.3) is 11.2 Å². The van der Waals surface area contributed by atoms with E-state index in [9.17, 15) is 19.3 Å². The van der Waals surface area contributed by atoms with E-state index < -0.39 is 4.92 Å². The van der Waals surface area contributed by atoms with Crippen LogP contribution in [-0.4, -0.2) is 24.7 Å². The van der Waals surface area contributed by atoms with Crippen LogP contribution in [0.2, 0.25) is 0 Å². The average Bonchev–Trinajstić information content (AvgIpc) is 3.48. The minimum atomic E-state index is -0.482. The van der Waals surface area contributed by atoms with Gasteiger partial charge in [0.2, 0.25) is 11.8 Å². The number of nitrogens with zero attached hydrogens (tertiary/aromatic N) is 5. The molecule has 0 radical (unpaired) electrons. The second kappa shape index (κ2) is 8.80. The van der Waals surface area contributed by atoms with Crippen molar-refractivity contribution in [2.75, 3.05) is 0 Å². The summed E-state index contributed by atoms with van der Waals surface area (Å²) in [4.78, 5) is 28.6. The molecule has 0 bridgehead atoms. The Morgan fingerprint density at radius 2 is 1.82 bits per heavy atom. The van der Waals surface area contributed by atoms with Gasteiger partial charge in [0.05, 0.1) is 16.1 Å². The van der Waals surface area contributed by atoms with Gasteiger partial charge in [-0.05, 0) is 29.8 Å². The maximum atomic E-state index is 13.3. The smallest absolute Gasteiger partial charge is 0.269 e. The van der Waals surface area contributed by atoms with Crippen molar-refractivity contribution in [3.8, 4) is 22.6 Å². The molecular formula is C22H14FN5O4S2. The molecule has 5 aromatic rings. The summed E-state index contributed by atoms with van der Waals surface area (Å²) in [6.45, 7) is 0. The molecule has 0 amide bonds. The summed E-state index contributed by atoms with van der Waals surface area (Å²) in [6, 6.07) is 11.8. The fourth-order valence-corrected chi connectivity index (χ4v) is 5.10. The summed E-state index contributed by atoms with van der Waals surface area (Å²) < 4.78 is 20.4. The van der Waals surface area contributed by atoms with E-state index in [1.165, 1.54) is 64.1 Å². The van der Waals surface area contributed by atoms with Gasteiger partial charge in [0.1, 0.15) is 10.6 Å². The zero-order valence-electron chi connectivity index (χ0n) is 17.5. The molecule has 5 rings (SSSR count). The van der Waals surface area contributed by atoms with Gasteiger partial charge >= 0.3 is 0 Å². The monoisotopic (exact) mass is 495 g/mol. The summed E-state index contributed by atoms with van der Waals surface area (Å²) in [7, 11) is 1.64. The third-order valence-corrected chi connectivity index (χ3v) is 6.93. The number of hydrogen-bond donors (Lipinski definition) is 0. The van der Waals surface area contributed by atoms with Crippen molar-refractivity contribution in [3.63, 3.8) is 0 Å². The molecule has 0 saturated heterocycles. The number of rotatable bonds is 6. The van der Waals surface area contributed by atoms with Crippen LogP contribution in [0.3, 0.4) is 0 Å². The summed E-state index contributed by atoms with van der Waals surface area (Å²) in [5, 5.41) is 21.6. The van der Waals surface area contributed by atoms with Crippen LogP contribution in [0.1, 0.15) is 5.89 Å². The first kappa shape index (κ1) is 21.9. The second-order valence-electron chi connectivity index (χ2n) is 7.19. The van der Waals surface area contributed by atoms with Crippen molar-refractivity contribution in [2.45, 2.75) is 10.9 Å². The Morgan fingerprint density at radius 1 is 1.12 bits per heavy atom. The van der Waals surface area contributed by atoms with E-state index in [0.717, 1.165) is 5.56 Å². The van der Waals surface area contributed by atoms with Crippen molar-refractivity contribution < 1.29 is 13.7 Å². The topological polar surface area (TPSA) is 117 Å². The van der Waals surface area contributed by atoms with Gasteiger partial charge in [-0.3, -0.25) is 19.5 Å². The normalized spacial score (nSPS) is 11.2. The second-order valence-corrected chi connectivity index (χ2v) is 8.99. The van der Waals surface area contributed by atoms with E-state index in [1.54, 1.807) is 19.2 Å². The highest BCUT2D eigenvalue weighted by atomic mass is 32.2. The Balaban J connectivity index is 1.38. The largest absolute Gasteiger partial charge is 0.420 e. The van der Waals surface area contributed by atoms with Crippen LogP contribution in [0.4, 0.5) is 10.1 Å². The first-order chi connectivity index (χ1) is 16.4. The van der Waals surface area contributed by atoms with Gasteiger partial charge in [-0.25, -0.2) is 9.37 Å². The Bertz CT molecular complexity index is 1580. The van der Waals surface area contributed by atoms with Crippen LogP contribution in [0, 0.1) is 15.9 Å². The summed E-state index contributed by atoms with van der Waals surface area (Å²) in [5.41, 5.74) is 1.79. The van der Waals surface area contributed by atoms with Crippen LogP contribution in [-0.2, 0) is 12.8 Å². The van der Waals surface area contributed by atoms with Crippen LogP contribution in [0.5, 0.6) is 0 Å². The predicted octanol–water partition coefficient (Wildman–Crippen LogP) is 5.05. The highest BCUT2D eigenvalue weighted by Gasteiger charge is 2.17. The summed E-state index contributed by atoms with van der Waals surface area (Å²) in [5.74, 6) is 0.503. The minimum absolute atomic E-state index is 0.0300. The molecule has 34 heavy (non-hydrogen) atoms. The zero-order valence-corrected chi connectivity index (χ0v) is 19.1. The Kier molecular flexibility index (Phi) is 5.67. The van der Waals surface area contributed by atoms with Crippen molar-refractivity contribution in [1.29, 1.82) is 0 Å². The van der Waals surface area contributed by atoms with E-state index in [2.05, 4.69) is 15.2 Å². The maximum Gasteiger partial charge on any atom is 0.269 e. The molecule has 0 spiro atoms. The van der Waals surface area contributed by atoms with Crippen molar-refractivity contribution >= 4 is 39.0 Å². The molecule has 0 atom stereocenters. The Hall–Kier alpha value is -3.90. The number of benzene rings is 2. The minimum Gasteiger partial charge on any atom is -0.420 e. The summed E-state index contributed by atoms with van der Waals surface area (Å²) in [6.07, 6.45) is 0. The van der Waals surface area contributed by atoms with Gasteiger partial charge in [-0.1, -0.05) is 23.9 Å². The fraction of sp³-hybridized carbons (Fsp3) is 0.0909. The number of thiophene rings is 1. The molecule has 3 heterocycles. The molecule has 9 nitrogen and oxygen atoms in total. The van der Waals surface area contributed by atoms with Gasteiger partial charge in [0.15, 0.2) is 5.16 Å². The molecule has 2 aromatic carbocycles. The molecule has 0 aliphatic carbocycles. The van der Waals surface area contributed by atoms with Crippen molar-refractivity contribution in [2.24, 2.45) is 7.05 Å². The number of nitro benzene ring substituents is 1. The molecule has 0 fully saturated rings. The molecule has 0 aliphatic heterocycles. The van der Waals surface area contributed by atoms with Crippen molar-refractivity contribution in [1.82, 2.24) is 19.7 Å². The molecule has 12 heteroatoms. The first-order valence-electron chi connectivity index (χ1n) is 9.85. The van der Waals surface area contributed by atoms with Crippen LogP contribution in [0.25, 0.3) is 32.8 Å². The lowest BCUT2D eigenvalue weighted by atomic mass is 10.1. The zero-order chi connectivity index (χ0) is 23.8. The van der Waals surface area contributed by atoms with Crippen LogP contribution >= 0.6 is 23.1 Å².